The third kappa shape index (κ3) is 15.7. The predicted molar refractivity (Wildman–Crippen MR) is 439 cm³/mol. The van der Waals surface area contributed by atoms with E-state index in [1.165, 1.54) is 64.9 Å². The number of aromatic amines is 2. The smallest absolute Gasteiger partial charge is 0.268 e. The molecule has 0 radical (unpaired) electrons. The first-order valence-corrected chi connectivity index (χ1v) is 36.9. The van der Waals surface area contributed by atoms with Crippen molar-refractivity contribution in [1.82, 2.24) is 118 Å². The monoisotopic (exact) mass is 1580 g/mol. The fraction of sp³-hybridized carbons (Fsp3) is 0.150. The number of fused-ring (bicyclic) bond motifs is 6. The molecule has 0 fully saturated rings. The fourth-order valence-electron chi connectivity index (χ4n) is 13.1. The number of H-pyrrole nitrogens is 2. The first-order valence-electron chi connectivity index (χ1n) is 36.2. The lowest BCUT2D eigenvalue weighted by Crippen LogP contribution is -2.15. The van der Waals surface area contributed by atoms with Crippen molar-refractivity contribution in [3.8, 4) is 45.0 Å². The van der Waals surface area contributed by atoms with Gasteiger partial charge in [-0.3, -0.25) is 0 Å². The van der Waals surface area contributed by atoms with Crippen LogP contribution in [0.15, 0.2) is 196 Å². The number of anilines is 6. The van der Waals surface area contributed by atoms with Gasteiger partial charge in [0, 0.05) is 44.5 Å². The van der Waals surface area contributed by atoms with Crippen molar-refractivity contribution in [2.45, 2.75) is 78.6 Å². The van der Waals surface area contributed by atoms with Gasteiger partial charge >= 0.3 is 0 Å². The highest BCUT2D eigenvalue weighted by atomic mass is 35.5. The number of nitrogens with zero attached hydrogens (tertiary/aromatic N) is 24. The standard InChI is InChI=1S/2C20H16ClFN8.2C20H18N8/c1-2-14(28-20-18-19(25-9-24-18)26-10-27-20)12-7-16-23-8-15(21)30(16)29-17(12)11-5-3-4-6-13(11)22;1-3-14(28-20-18(24-2)19(23)26-10-27-20)13-8-16-25-9-15(21)30(16)29-17(13)11-5-4-6-12(22)7-11;1-12-9-21-16-8-15(17(27-28(12)16)14-6-4-3-5-7-14)13(2)26-20-18-19(23-10-22-18)24-11-25-20;1-12-10-23-16-9-15(17(27-28(12)16)14-7-5-4-6-8-14)13(2)26-20-18(22-3)19(21)24-11-25-20/h3-10,14H,2H2,1H3,(H2,24,25,26,27,28);4-10,14H,3H2,1H3,(H3,23,26,27,28);3-11,13H,1-2H3,(H2,22,23,24,25,26);4-11,13H,1-2H3,(H3,21,24,25,26)/t2*14-;2*13-/m0000/s1. The van der Waals surface area contributed by atoms with Gasteiger partial charge in [-0.2, -0.15) is 20.4 Å². The van der Waals surface area contributed by atoms with Crippen molar-refractivity contribution in [2.75, 3.05) is 32.7 Å². The van der Waals surface area contributed by atoms with Gasteiger partial charge in [0.25, 0.3) is 11.4 Å². The van der Waals surface area contributed by atoms with E-state index in [1.54, 1.807) is 49.2 Å². The molecule has 0 saturated heterocycles. The molecule has 18 rings (SSSR count). The Kier molecular flexibility index (Phi) is 22.0. The Morgan fingerprint density at radius 1 is 0.431 bits per heavy atom. The first-order chi connectivity index (χ1) is 56.4. The number of hydrogen-bond donors (Lipinski definition) is 8. The Morgan fingerprint density at radius 3 is 1.33 bits per heavy atom. The predicted octanol–water partition coefficient (Wildman–Crippen LogP) is 16.4. The van der Waals surface area contributed by atoms with Gasteiger partial charge in [0.2, 0.25) is 0 Å². The van der Waals surface area contributed by atoms with Crippen LogP contribution in [-0.4, -0.2) is 118 Å². The van der Waals surface area contributed by atoms with Crippen molar-refractivity contribution in [2.24, 2.45) is 0 Å². The zero-order valence-corrected chi connectivity index (χ0v) is 64.1. The Morgan fingerprint density at radius 2 is 0.828 bits per heavy atom. The lowest BCUT2D eigenvalue weighted by atomic mass is 9.98. The van der Waals surface area contributed by atoms with Crippen molar-refractivity contribution in [3.63, 3.8) is 0 Å². The summed E-state index contributed by atoms with van der Waals surface area (Å²) in [6.45, 7) is 26.8. The molecule has 18 aromatic rings. The van der Waals surface area contributed by atoms with Gasteiger partial charge in [-0.05, 0) is 89.1 Å². The van der Waals surface area contributed by atoms with Crippen LogP contribution in [0.3, 0.4) is 0 Å². The highest BCUT2D eigenvalue weighted by molar-refractivity contribution is 6.30. The number of halogens is 4. The van der Waals surface area contributed by atoms with Crippen LogP contribution >= 0.6 is 23.2 Å². The second kappa shape index (κ2) is 33.4. The summed E-state index contributed by atoms with van der Waals surface area (Å²) < 4.78 is 35.3. The van der Waals surface area contributed by atoms with E-state index < -0.39 is 0 Å². The van der Waals surface area contributed by atoms with Gasteiger partial charge in [0.05, 0.1) is 109 Å². The number of nitrogens with one attached hydrogen (secondary N) is 6. The number of rotatable bonds is 18. The zero-order valence-electron chi connectivity index (χ0n) is 62.6. The van der Waals surface area contributed by atoms with E-state index in [0.29, 0.717) is 97.0 Å². The summed E-state index contributed by atoms with van der Waals surface area (Å²) in [6, 6.07) is 39.8. The highest BCUT2D eigenvalue weighted by Gasteiger charge is 2.27. The lowest BCUT2D eigenvalue weighted by Gasteiger charge is -2.22. The Balaban J connectivity index is 0.000000121. The maximum absolute atomic E-state index is 14.7. The molecule has 10 N–H and O–H groups in total. The van der Waals surface area contributed by atoms with E-state index in [0.717, 1.165) is 73.0 Å². The maximum atomic E-state index is 14.7. The summed E-state index contributed by atoms with van der Waals surface area (Å²) in [5.41, 5.74) is 28.6. The Hall–Kier alpha value is -15.2. The molecule has 0 spiro atoms. The molecule has 576 valence electrons. The molecule has 0 bridgehead atoms. The molecule has 0 amide bonds. The number of hydrogen-bond acceptors (Lipinski definition) is 24. The minimum absolute atomic E-state index is 0.0638. The van der Waals surface area contributed by atoms with Crippen LogP contribution in [-0.2, 0) is 0 Å². The number of imidazole rings is 6. The number of nitrogen functional groups attached to an aromatic ring is 2. The summed E-state index contributed by atoms with van der Waals surface area (Å²) in [4.78, 5) is 72.0. The van der Waals surface area contributed by atoms with Crippen molar-refractivity contribution in [3.05, 3.63) is 275 Å². The van der Waals surface area contributed by atoms with Crippen LogP contribution in [0, 0.1) is 38.6 Å². The van der Waals surface area contributed by atoms with Crippen molar-refractivity contribution < 1.29 is 8.78 Å². The quantitative estimate of drug-likeness (QED) is 0.0370. The van der Waals surface area contributed by atoms with E-state index in [1.807, 2.05) is 117 Å². The molecule has 0 aliphatic rings. The molecule has 0 aliphatic carbocycles. The SMILES string of the molecule is CC[C@H](Nc1ncnc2nc[nH]c12)c1cc2ncc(Cl)n2nc1-c1ccccc1F.Cc1cnc2cc([C@H](C)Nc3ncnc4nc[nH]c34)c(-c3ccccc3)nn12.[C-]#[N+]c1c(N)ncnc1N[C@@H](C)c1cc2ncc(C)n2nc1-c1ccccc1.[C-]#[N+]c1c(N)ncnc1N[C@@H](CC)c1cc2ncc(Cl)n2nc1-c1cccc(F)c1. The average Bonchev–Trinajstić information content (AvgIpc) is 1.37. The van der Waals surface area contributed by atoms with Crippen LogP contribution < -0.4 is 32.7 Å². The minimum Gasteiger partial charge on any atom is -0.392 e. The van der Waals surface area contributed by atoms with E-state index in [2.05, 4.69) is 146 Å². The van der Waals surface area contributed by atoms with E-state index in [4.69, 9.17) is 58.0 Å². The van der Waals surface area contributed by atoms with Crippen LogP contribution in [0.1, 0.15) is 98.3 Å². The molecular weight excluding hydrogens is 1520 g/mol. The van der Waals surface area contributed by atoms with Gasteiger partial charge in [-0.1, -0.05) is 122 Å². The summed E-state index contributed by atoms with van der Waals surface area (Å²) in [7, 11) is 0. The number of benzene rings is 4. The molecule has 0 saturated carbocycles. The highest BCUT2D eigenvalue weighted by Crippen LogP contribution is 2.40. The molecular formula is C80H68Cl2F2N32. The van der Waals surface area contributed by atoms with Gasteiger partial charge in [-0.15, -0.1) is 0 Å². The first kappa shape index (κ1) is 76.2. The summed E-state index contributed by atoms with van der Waals surface area (Å²) in [5.74, 6) is 1.52. The average molecular weight is 1590 g/mol. The van der Waals surface area contributed by atoms with Crippen LogP contribution in [0.2, 0.25) is 10.3 Å². The van der Waals surface area contributed by atoms with E-state index in [-0.39, 0.29) is 58.8 Å². The van der Waals surface area contributed by atoms with Gasteiger partial charge in [0.1, 0.15) is 71.2 Å². The second-order valence-electron chi connectivity index (χ2n) is 26.3. The number of aryl methyl sites for hydroxylation is 2. The zero-order chi connectivity index (χ0) is 80.7. The van der Waals surface area contributed by atoms with Crippen LogP contribution in [0.25, 0.3) is 99.6 Å². The lowest BCUT2D eigenvalue weighted by molar-refractivity contribution is 0.628. The van der Waals surface area contributed by atoms with Crippen LogP contribution in [0.5, 0.6) is 0 Å². The van der Waals surface area contributed by atoms with Gasteiger partial charge < -0.3 is 42.7 Å². The van der Waals surface area contributed by atoms with Gasteiger partial charge in [0.15, 0.2) is 55.8 Å². The molecule has 4 aromatic carbocycles. The summed E-state index contributed by atoms with van der Waals surface area (Å²) in [6.07, 6.45) is 16.7. The Bertz CT molecular complexity index is 6710. The molecule has 0 unspecified atom stereocenters. The number of nitrogens with two attached hydrogens (primary N) is 2. The minimum atomic E-state index is -0.378. The van der Waals surface area contributed by atoms with Crippen molar-refractivity contribution in [1.29, 1.82) is 0 Å². The summed E-state index contributed by atoms with van der Waals surface area (Å²) >= 11 is 12.4. The molecule has 116 heavy (non-hydrogen) atoms. The second-order valence-corrected chi connectivity index (χ2v) is 27.1. The Labute approximate surface area is 668 Å². The topological polar surface area (TPSA) is 390 Å². The maximum Gasteiger partial charge on any atom is 0.268 e. The molecule has 4 atom stereocenters. The third-order valence-corrected chi connectivity index (χ3v) is 19.4. The van der Waals surface area contributed by atoms with E-state index in [9.17, 15) is 8.78 Å². The molecule has 14 heterocycles. The fourth-order valence-corrected chi connectivity index (χ4v) is 13.5. The summed E-state index contributed by atoms with van der Waals surface area (Å²) in [5, 5.41) is 33.1. The third-order valence-electron chi connectivity index (χ3n) is 18.9. The molecule has 36 heteroatoms. The molecule has 0 aliphatic heterocycles. The van der Waals surface area contributed by atoms with Gasteiger partial charge in [-0.25, -0.2) is 106 Å². The molecule has 32 nitrogen and oxygen atoms in total. The number of aromatic nitrogens is 24. The molecule has 14 aromatic heterocycles. The van der Waals surface area contributed by atoms with Crippen LogP contribution in [0.4, 0.5) is 55.1 Å². The van der Waals surface area contributed by atoms with Crippen molar-refractivity contribution >= 4 is 114 Å². The van der Waals surface area contributed by atoms with E-state index >= 15 is 0 Å². The largest absolute Gasteiger partial charge is 0.392 e. The normalized spacial score (nSPS) is 12.2.